The standard InChI is InChI=1S/C16H25BrN2/c1-16(2,19-9-4-3-5-10-19)15(18)12-13-7-6-8-14(17)11-13/h6-8,11,15H,3-5,9-10,12,18H2,1-2H3. The van der Waals surface area contributed by atoms with E-state index in [1.165, 1.54) is 37.9 Å². The second-order valence-electron chi connectivity index (χ2n) is 6.14. The van der Waals surface area contributed by atoms with E-state index in [4.69, 9.17) is 5.73 Å². The first-order chi connectivity index (χ1) is 9.00. The summed E-state index contributed by atoms with van der Waals surface area (Å²) in [5.41, 5.74) is 7.89. The van der Waals surface area contributed by atoms with Crippen molar-refractivity contribution >= 4 is 15.9 Å². The molecule has 0 radical (unpaired) electrons. The van der Waals surface area contributed by atoms with E-state index in [0.717, 1.165) is 10.9 Å². The maximum absolute atomic E-state index is 6.51. The molecular formula is C16H25BrN2. The summed E-state index contributed by atoms with van der Waals surface area (Å²) in [5.74, 6) is 0. The molecule has 1 saturated heterocycles. The van der Waals surface area contributed by atoms with E-state index in [2.05, 4.69) is 58.9 Å². The number of nitrogens with zero attached hydrogens (tertiary/aromatic N) is 1. The SMILES string of the molecule is CC(C)(C(N)Cc1cccc(Br)c1)N1CCCCC1. The van der Waals surface area contributed by atoms with Crippen LogP contribution >= 0.6 is 15.9 Å². The third-order valence-corrected chi connectivity index (χ3v) is 4.92. The predicted molar refractivity (Wildman–Crippen MR) is 85.3 cm³/mol. The van der Waals surface area contributed by atoms with E-state index >= 15 is 0 Å². The number of piperidine rings is 1. The molecule has 1 aliphatic heterocycles. The summed E-state index contributed by atoms with van der Waals surface area (Å²) in [6, 6.07) is 8.65. The highest BCUT2D eigenvalue weighted by molar-refractivity contribution is 9.10. The molecule has 2 nitrogen and oxygen atoms in total. The van der Waals surface area contributed by atoms with Crippen molar-refractivity contribution in [1.29, 1.82) is 0 Å². The number of hydrogen-bond acceptors (Lipinski definition) is 2. The number of nitrogens with two attached hydrogens (primary N) is 1. The Hall–Kier alpha value is -0.380. The van der Waals surface area contributed by atoms with E-state index in [1.807, 2.05) is 0 Å². The van der Waals surface area contributed by atoms with Gasteiger partial charge in [0.15, 0.2) is 0 Å². The molecule has 0 spiro atoms. The van der Waals surface area contributed by atoms with Crippen molar-refractivity contribution in [3.8, 4) is 0 Å². The van der Waals surface area contributed by atoms with E-state index < -0.39 is 0 Å². The molecule has 1 aliphatic rings. The van der Waals surface area contributed by atoms with Crippen molar-refractivity contribution < 1.29 is 0 Å². The lowest BCUT2D eigenvalue weighted by Crippen LogP contribution is -2.58. The van der Waals surface area contributed by atoms with Gasteiger partial charge in [-0.05, 0) is 63.9 Å². The molecule has 106 valence electrons. The normalized spacial score (nSPS) is 19.4. The molecule has 1 fully saturated rings. The zero-order valence-corrected chi connectivity index (χ0v) is 13.6. The fourth-order valence-electron chi connectivity index (χ4n) is 2.87. The number of halogens is 1. The molecule has 0 saturated carbocycles. The molecule has 1 unspecified atom stereocenters. The number of benzene rings is 1. The first-order valence-electron chi connectivity index (χ1n) is 7.25. The fraction of sp³-hybridized carbons (Fsp3) is 0.625. The van der Waals surface area contributed by atoms with E-state index in [-0.39, 0.29) is 11.6 Å². The molecule has 0 bridgehead atoms. The van der Waals surface area contributed by atoms with Gasteiger partial charge in [-0.3, -0.25) is 4.90 Å². The Bertz CT molecular complexity index is 411. The van der Waals surface area contributed by atoms with E-state index in [0.29, 0.717) is 0 Å². The first-order valence-corrected chi connectivity index (χ1v) is 8.04. The zero-order valence-electron chi connectivity index (χ0n) is 12.0. The lowest BCUT2D eigenvalue weighted by atomic mass is 9.87. The van der Waals surface area contributed by atoms with Gasteiger partial charge in [0.05, 0.1) is 0 Å². The summed E-state index contributed by atoms with van der Waals surface area (Å²) in [6.45, 7) is 6.97. The molecule has 3 heteroatoms. The largest absolute Gasteiger partial charge is 0.326 e. The minimum atomic E-state index is 0.0722. The Morgan fingerprint density at radius 2 is 1.95 bits per heavy atom. The maximum Gasteiger partial charge on any atom is 0.0307 e. The lowest BCUT2D eigenvalue weighted by Gasteiger charge is -2.44. The van der Waals surface area contributed by atoms with Crippen LogP contribution in [-0.2, 0) is 6.42 Å². The second-order valence-corrected chi connectivity index (χ2v) is 7.06. The summed E-state index contributed by atoms with van der Waals surface area (Å²) < 4.78 is 1.13. The highest BCUT2D eigenvalue weighted by Gasteiger charge is 2.33. The Balaban J connectivity index is 2.03. The van der Waals surface area contributed by atoms with Gasteiger partial charge in [0.2, 0.25) is 0 Å². The molecule has 19 heavy (non-hydrogen) atoms. The molecule has 1 aromatic rings. The summed E-state index contributed by atoms with van der Waals surface area (Å²) in [6.07, 6.45) is 4.93. The van der Waals surface area contributed by atoms with Crippen molar-refractivity contribution in [2.75, 3.05) is 13.1 Å². The molecular weight excluding hydrogens is 300 g/mol. The lowest BCUT2D eigenvalue weighted by molar-refractivity contribution is 0.0731. The van der Waals surface area contributed by atoms with Gasteiger partial charge in [-0.2, -0.15) is 0 Å². The minimum Gasteiger partial charge on any atom is -0.326 e. The topological polar surface area (TPSA) is 29.3 Å². The van der Waals surface area contributed by atoms with Crippen LogP contribution in [0.2, 0.25) is 0 Å². The van der Waals surface area contributed by atoms with Crippen LogP contribution < -0.4 is 5.73 Å². The van der Waals surface area contributed by atoms with Crippen LogP contribution in [0.4, 0.5) is 0 Å². The van der Waals surface area contributed by atoms with Crippen LogP contribution in [0.1, 0.15) is 38.7 Å². The van der Waals surface area contributed by atoms with Gasteiger partial charge in [0.25, 0.3) is 0 Å². The van der Waals surface area contributed by atoms with Crippen molar-refractivity contribution in [1.82, 2.24) is 4.90 Å². The van der Waals surface area contributed by atoms with E-state index in [9.17, 15) is 0 Å². The molecule has 0 amide bonds. The van der Waals surface area contributed by atoms with E-state index in [1.54, 1.807) is 0 Å². The molecule has 1 atom stereocenters. The molecule has 2 N–H and O–H groups in total. The van der Waals surface area contributed by atoms with Gasteiger partial charge in [-0.25, -0.2) is 0 Å². The third kappa shape index (κ3) is 3.80. The quantitative estimate of drug-likeness (QED) is 0.917. The van der Waals surface area contributed by atoms with Crippen LogP contribution in [-0.4, -0.2) is 29.6 Å². The van der Waals surface area contributed by atoms with Crippen LogP contribution in [0.25, 0.3) is 0 Å². The van der Waals surface area contributed by atoms with Crippen LogP contribution in [0.3, 0.4) is 0 Å². The molecule has 2 rings (SSSR count). The molecule has 1 aromatic carbocycles. The summed E-state index contributed by atoms with van der Waals surface area (Å²) in [7, 11) is 0. The van der Waals surface area contributed by atoms with Crippen molar-refractivity contribution in [2.45, 2.75) is 51.1 Å². The van der Waals surface area contributed by atoms with Crippen molar-refractivity contribution in [3.63, 3.8) is 0 Å². The number of rotatable bonds is 4. The maximum atomic E-state index is 6.51. The van der Waals surface area contributed by atoms with Crippen LogP contribution in [0, 0.1) is 0 Å². The van der Waals surface area contributed by atoms with Gasteiger partial charge in [0, 0.05) is 16.1 Å². The number of hydrogen-bond donors (Lipinski definition) is 1. The Morgan fingerprint density at radius 3 is 2.58 bits per heavy atom. The average molecular weight is 325 g/mol. The second kappa shape index (κ2) is 6.38. The highest BCUT2D eigenvalue weighted by Crippen LogP contribution is 2.25. The zero-order chi connectivity index (χ0) is 13.9. The Kier molecular flexibility index (Phi) is 5.04. The molecule has 0 aromatic heterocycles. The Morgan fingerprint density at radius 1 is 1.26 bits per heavy atom. The first kappa shape index (κ1) is 15.0. The van der Waals surface area contributed by atoms with Crippen molar-refractivity contribution in [2.24, 2.45) is 5.73 Å². The average Bonchev–Trinajstić information content (AvgIpc) is 2.39. The molecule has 0 aliphatic carbocycles. The molecule has 1 heterocycles. The van der Waals surface area contributed by atoms with Gasteiger partial charge in [-0.15, -0.1) is 0 Å². The fourth-order valence-corrected chi connectivity index (χ4v) is 3.32. The third-order valence-electron chi connectivity index (χ3n) is 4.42. The summed E-state index contributed by atoms with van der Waals surface area (Å²) in [5, 5.41) is 0. The summed E-state index contributed by atoms with van der Waals surface area (Å²) in [4.78, 5) is 2.57. The Labute approximate surface area is 125 Å². The number of likely N-dealkylation sites (tertiary alicyclic amines) is 1. The monoisotopic (exact) mass is 324 g/mol. The van der Waals surface area contributed by atoms with Gasteiger partial charge in [0.1, 0.15) is 0 Å². The highest BCUT2D eigenvalue weighted by atomic mass is 79.9. The van der Waals surface area contributed by atoms with Gasteiger partial charge < -0.3 is 5.73 Å². The smallest absolute Gasteiger partial charge is 0.0307 e. The minimum absolute atomic E-state index is 0.0722. The predicted octanol–water partition coefficient (Wildman–Crippen LogP) is 3.58. The van der Waals surface area contributed by atoms with Crippen molar-refractivity contribution in [3.05, 3.63) is 34.3 Å². The van der Waals surface area contributed by atoms with Crippen LogP contribution in [0.15, 0.2) is 28.7 Å². The summed E-state index contributed by atoms with van der Waals surface area (Å²) >= 11 is 3.53. The van der Waals surface area contributed by atoms with Crippen LogP contribution in [0.5, 0.6) is 0 Å². The van der Waals surface area contributed by atoms with Gasteiger partial charge in [-0.1, -0.05) is 34.5 Å². The van der Waals surface area contributed by atoms with Gasteiger partial charge >= 0.3 is 0 Å².